The molecule has 15 heavy (non-hydrogen) atoms. The zero-order valence-electron chi connectivity index (χ0n) is 10.7. The van der Waals surface area contributed by atoms with E-state index in [2.05, 4.69) is 26.8 Å². The van der Waals surface area contributed by atoms with Crippen LogP contribution in [0.5, 0.6) is 0 Å². The maximum absolute atomic E-state index is 5.54. The van der Waals surface area contributed by atoms with Gasteiger partial charge in [0.25, 0.3) is 0 Å². The van der Waals surface area contributed by atoms with E-state index >= 15 is 0 Å². The molecule has 0 saturated heterocycles. The van der Waals surface area contributed by atoms with Crippen molar-refractivity contribution in [3.63, 3.8) is 0 Å². The van der Waals surface area contributed by atoms with Crippen LogP contribution in [0.4, 0.5) is 0 Å². The monoisotopic (exact) mass is 209 g/mol. The van der Waals surface area contributed by atoms with Crippen LogP contribution in [0, 0.1) is 11.3 Å². The van der Waals surface area contributed by atoms with Crippen molar-refractivity contribution in [2.75, 3.05) is 6.54 Å². The number of allylic oxidation sites excluding steroid dienone is 1. The normalized spacial score (nSPS) is 26.7. The molecule has 1 aliphatic carbocycles. The first-order valence-corrected chi connectivity index (χ1v) is 6.42. The summed E-state index contributed by atoms with van der Waals surface area (Å²) in [4.78, 5) is 0. The minimum atomic E-state index is 0.489. The number of nitrogens with two attached hydrogens (primary N) is 1. The van der Waals surface area contributed by atoms with Crippen LogP contribution in [0.3, 0.4) is 0 Å². The van der Waals surface area contributed by atoms with Crippen molar-refractivity contribution in [3.05, 3.63) is 11.6 Å². The van der Waals surface area contributed by atoms with Crippen LogP contribution in [0.1, 0.15) is 59.3 Å². The molecule has 0 bridgehead atoms. The molecule has 1 nitrogen and oxygen atoms in total. The molecule has 1 heteroatoms. The number of hydrogen-bond acceptors (Lipinski definition) is 1. The molecule has 0 spiro atoms. The topological polar surface area (TPSA) is 26.0 Å². The molecule has 1 unspecified atom stereocenters. The van der Waals surface area contributed by atoms with Gasteiger partial charge in [0.2, 0.25) is 0 Å². The van der Waals surface area contributed by atoms with Gasteiger partial charge in [-0.3, -0.25) is 0 Å². The minimum Gasteiger partial charge on any atom is -0.330 e. The van der Waals surface area contributed by atoms with E-state index in [1.165, 1.54) is 32.1 Å². The van der Waals surface area contributed by atoms with E-state index < -0.39 is 0 Å². The summed E-state index contributed by atoms with van der Waals surface area (Å²) in [6, 6.07) is 0. The fourth-order valence-electron chi connectivity index (χ4n) is 2.56. The van der Waals surface area contributed by atoms with Gasteiger partial charge >= 0.3 is 0 Å². The van der Waals surface area contributed by atoms with Crippen molar-refractivity contribution in [1.29, 1.82) is 0 Å². The predicted octanol–water partition coefficient (Wildman–Crippen LogP) is 3.89. The van der Waals surface area contributed by atoms with E-state index in [1.54, 1.807) is 5.57 Å². The second-order valence-corrected chi connectivity index (χ2v) is 5.93. The molecule has 0 aromatic carbocycles. The molecular formula is C14H27N. The lowest BCUT2D eigenvalue weighted by atomic mass is 9.76. The summed E-state index contributed by atoms with van der Waals surface area (Å²) in [7, 11) is 0. The highest BCUT2D eigenvalue weighted by molar-refractivity contribution is 5.04. The third kappa shape index (κ3) is 4.38. The Labute approximate surface area is 95.1 Å². The Kier molecular flexibility index (Phi) is 4.85. The van der Waals surface area contributed by atoms with Gasteiger partial charge < -0.3 is 5.73 Å². The van der Waals surface area contributed by atoms with Crippen LogP contribution < -0.4 is 5.73 Å². The molecule has 0 heterocycles. The molecule has 2 N–H and O–H groups in total. The van der Waals surface area contributed by atoms with Crippen LogP contribution in [-0.2, 0) is 0 Å². The van der Waals surface area contributed by atoms with Gasteiger partial charge in [-0.25, -0.2) is 0 Å². The largest absolute Gasteiger partial charge is 0.330 e. The maximum Gasteiger partial charge on any atom is -0.00425 e. The lowest BCUT2D eigenvalue weighted by Crippen LogP contribution is -2.19. The molecule has 1 saturated carbocycles. The average molecular weight is 209 g/mol. The van der Waals surface area contributed by atoms with E-state index in [0.29, 0.717) is 5.41 Å². The van der Waals surface area contributed by atoms with Crippen molar-refractivity contribution in [2.45, 2.75) is 59.3 Å². The first kappa shape index (κ1) is 12.8. The zero-order valence-corrected chi connectivity index (χ0v) is 10.7. The van der Waals surface area contributed by atoms with Crippen LogP contribution >= 0.6 is 0 Å². The first-order valence-electron chi connectivity index (χ1n) is 6.42. The summed E-state index contributed by atoms with van der Waals surface area (Å²) < 4.78 is 0. The maximum atomic E-state index is 5.54. The Morgan fingerprint density at radius 1 is 1.27 bits per heavy atom. The standard InChI is InChI=1S/C14H27N/c1-14(2,3)13-8-4-6-12(9-10-13)7-5-11-15/h7,13H,4-6,8-11,15H2,1-3H3. The molecule has 1 fully saturated rings. The summed E-state index contributed by atoms with van der Waals surface area (Å²) >= 11 is 0. The molecular weight excluding hydrogens is 182 g/mol. The Morgan fingerprint density at radius 3 is 2.60 bits per heavy atom. The molecule has 0 aliphatic heterocycles. The van der Waals surface area contributed by atoms with E-state index in [0.717, 1.165) is 18.9 Å². The van der Waals surface area contributed by atoms with E-state index in [-0.39, 0.29) is 0 Å². The second kappa shape index (κ2) is 5.69. The lowest BCUT2D eigenvalue weighted by Gasteiger charge is -2.29. The lowest BCUT2D eigenvalue weighted by molar-refractivity contribution is 0.216. The summed E-state index contributed by atoms with van der Waals surface area (Å²) in [5, 5.41) is 0. The highest BCUT2D eigenvalue weighted by Gasteiger charge is 2.25. The summed E-state index contributed by atoms with van der Waals surface area (Å²) in [5.74, 6) is 0.904. The smallest absolute Gasteiger partial charge is 0.00425 e. The van der Waals surface area contributed by atoms with Gasteiger partial charge in [-0.05, 0) is 56.4 Å². The van der Waals surface area contributed by atoms with Gasteiger partial charge in [0.05, 0.1) is 0 Å². The fourth-order valence-corrected chi connectivity index (χ4v) is 2.56. The minimum absolute atomic E-state index is 0.489. The van der Waals surface area contributed by atoms with Crippen LogP contribution in [0.2, 0.25) is 0 Å². The van der Waals surface area contributed by atoms with E-state index in [1.807, 2.05) is 0 Å². The molecule has 1 aliphatic rings. The van der Waals surface area contributed by atoms with Gasteiger partial charge in [-0.15, -0.1) is 0 Å². The van der Waals surface area contributed by atoms with E-state index in [4.69, 9.17) is 5.73 Å². The summed E-state index contributed by atoms with van der Waals surface area (Å²) in [6.45, 7) is 7.94. The Morgan fingerprint density at radius 2 is 2.00 bits per heavy atom. The van der Waals surface area contributed by atoms with Crippen molar-refractivity contribution < 1.29 is 0 Å². The molecule has 1 rings (SSSR count). The molecule has 0 radical (unpaired) electrons. The second-order valence-electron chi connectivity index (χ2n) is 5.93. The van der Waals surface area contributed by atoms with Crippen LogP contribution in [0.15, 0.2) is 11.6 Å². The molecule has 88 valence electrons. The third-order valence-electron chi connectivity index (χ3n) is 3.69. The van der Waals surface area contributed by atoms with Gasteiger partial charge in [0.1, 0.15) is 0 Å². The van der Waals surface area contributed by atoms with E-state index in [9.17, 15) is 0 Å². The summed E-state index contributed by atoms with van der Waals surface area (Å²) in [6.07, 6.45) is 10.2. The number of hydrogen-bond donors (Lipinski definition) is 1. The van der Waals surface area contributed by atoms with Crippen molar-refractivity contribution >= 4 is 0 Å². The van der Waals surface area contributed by atoms with Gasteiger partial charge in [-0.2, -0.15) is 0 Å². The fraction of sp³-hybridized carbons (Fsp3) is 0.857. The predicted molar refractivity (Wildman–Crippen MR) is 67.8 cm³/mol. The molecule has 1 atom stereocenters. The van der Waals surface area contributed by atoms with Crippen molar-refractivity contribution in [1.82, 2.24) is 0 Å². The van der Waals surface area contributed by atoms with Crippen molar-refractivity contribution in [2.24, 2.45) is 17.1 Å². The van der Waals surface area contributed by atoms with Gasteiger partial charge in [0, 0.05) is 0 Å². The van der Waals surface area contributed by atoms with Crippen molar-refractivity contribution in [3.8, 4) is 0 Å². The Hall–Kier alpha value is -0.300. The zero-order chi connectivity index (χ0) is 11.3. The highest BCUT2D eigenvalue weighted by atomic mass is 14.5. The quantitative estimate of drug-likeness (QED) is 0.542. The Balaban J connectivity index is 2.49. The average Bonchev–Trinajstić information content (AvgIpc) is 2.38. The number of rotatable bonds is 2. The molecule has 0 amide bonds. The third-order valence-corrected chi connectivity index (χ3v) is 3.69. The first-order chi connectivity index (χ1) is 7.04. The highest BCUT2D eigenvalue weighted by Crippen LogP contribution is 2.38. The SMILES string of the molecule is CC(C)(C)C1CCCC(=CCCN)CC1. The van der Waals surface area contributed by atoms with Crippen LogP contribution in [-0.4, -0.2) is 6.54 Å². The molecule has 0 aromatic heterocycles. The van der Waals surface area contributed by atoms with Gasteiger partial charge in [0.15, 0.2) is 0 Å². The summed E-state index contributed by atoms with van der Waals surface area (Å²) in [5.41, 5.74) is 7.69. The molecule has 0 aromatic rings. The van der Waals surface area contributed by atoms with Gasteiger partial charge in [-0.1, -0.05) is 32.4 Å². The Bertz CT molecular complexity index is 210. The van der Waals surface area contributed by atoms with Crippen LogP contribution in [0.25, 0.3) is 0 Å².